The van der Waals surface area contributed by atoms with E-state index in [1.54, 1.807) is 11.1 Å². The Morgan fingerprint density at radius 1 is 1.26 bits per heavy atom. The Labute approximate surface area is 118 Å². The summed E-state index contributed by atoms with van der Waals surface area (Å²) in [5.74, 6) is 1.64. The molecule has 1 aromatic rings. The van der Waals surface area contributed by atoms with E-state index in [9.17, 15) is 0 Å². The lowest BCUT2D eigenvalue weighted by molar-refractivity contribution is 0.314. The third kappa shape index (κ3) is 3.39. The first-order valence-electron chi connectivity index (χ1n) is 8.05. The van der Waals surface area contributed by atoms with Crippen LogP contribution in [0.1, 0.15) is 63.0 Å². The Morgan fingerprint density at radius 3 is 2.68 bits per heavy atom. The molecule has 1 aliphatic carbocycles. The summed E-state index contributed by atoms with van der Waals surface area (Å²) < 4.78 is 0. The molecule has 0 bridgehead atoms. The number of benzene rings is 1. The van der Waals surface area contributed by atoms with Crippen LogP contribution in [0.25, 0.3) is 0 Å². The fourth-order valence-electron chi connectivity index (χ4n) is 3.48. The average molecular weight is 259 g/mol. The second-order valence-corrected chi connectivity index (χ2v) is 6.06. The van der Waals surface area contributed by atoms with E-state index < -0.39 is 0 Å². The van der Waals surface area contributed by atoms with Gasteiger partial charge >= 0.3 is 0 Å². The second kappa shape index (κ2) is 7.09. The highest BCUT2D eigenvalue weighted by atomic mass is 14.9. The number of unbranched alkanes of at least 4 members (excludes halogenated alkanes) is 1. The first-order chi connectivity index (χ1) is 9.30. The highest BCUT2D eigenvalue weighted by Crippen LogP contribution is 2.39. The van der Waals surface area contributed by atoms with E-state index in [0.717, 1.165) is 11.8 Å². The van der Waals surface area contributed by atoms with Crippen LogP contribution >= 0.6 is 0 Å². The van der Waals surface area contributed by atoms with E-state index in [1.165, 1.54) is 38.5 Å². The third-order valence-corrected chi connectivity index (χ3v) is 4.88. The summed E-state index contributed by atoms with van der Waals surface area (Å²) in [5.41, 5.74) is 3.15. The van der Waals surface area contributed by atoms with Gasteiger partial charge in [0, 0.05) is 12.0 Å². The molecule has 0 fully saturated rings. The van der Waals surface area contributed by atoms with Crippen molar-refractivity contribution in [3.63, 3.8) is 0 Å². The predicted octanol–water partition coefficient (Wildman–Crippen LogP) is 4.52. The number of fused-ring (bicyclic) bond motifs is 1. The summed E-state index contributed by atoms with van der Waals surface area (Å²) in [6.07, 6.45) is 8.05. The Hall–Kier alpha value is -0.820. The molecular weight excluding hydrogens is 230 g/mol. The van der Waals surface area contributed by atoms with Gasteiger partial charge in [0.1, 0.15) is 0 Å². The monoisotopic (exact) mass is 259 g/mol. The molecule has 0 heterocycles. The number of rotatable bonds is 8. The molecule has 2 rings (SSSR count). The van der Waals surface area contributed by atoms with E-state index in [4.69, 9.17) is 0 Å². The molecule has 0 aliphatic heterocycles. The quantitative estimate of drug-likeness (QED) is 0.723. The van der Waals surface area contributed by atoms with Gasteiger partial charge < -0.3 is 5.32 Å². The molecule has 0 saturated heterocycles. The minimum Gasteiger partial charge on any atom is -0.316 e. The number of hydrogen-bond donors (Lipinski definition) is 1. The van der Waals surface area contributed by atoms with E-state index >= 15 is 0 Å². The van der Waals surface area contributed by atoms with Crippen molar-refractivity contribution in [1.29, 1.82) is 0 Å². The van der Waals surface area contributed by atoms with Crippen molar-refractivity contribution in [2.45, 2.75) is 64.3 Å². The molecule has 3 unspecified atom stereocenters. The van der Waals surface area contributed by atoms with E-state index in [-0.39, 0.29) is 0 Å². The van der Waals surface area contributed by atoms with Crippen LogP contribution in [0.5, 0.6) is 0 Å². The molecule has 1 nitrogen and oxygen atoms in total. The fraction of sp³-hybridized carbons (Fsp3) is 0.667. The van der Waals surface area contributed by atoms with Crippen LogP contribution in [0.15, 0.2) is 24.3 Å². The maximum atomic E-state index is 3.59. The van der Waals surface area contributed by atoms with Crippen LogP contribution in [0.4, 0.5) is 0 Å². The molecule has 0 saturated carbocycles. The van der Waals surface area contributed by atoms with Gasteiger partial charge in [-0.15, -0.1) is 0 Å². The Kier molecular flexibility index (Phi) is 5.45. The summed E-state index contributed by atoms with van der Waals surface area (Å²) >= 11 is 0. The molecule has 0 amide bonds. The molecule has 3 atom stereocenters. The highest BCUT2D eigenvalue weighted by Gasteiger charge is 2.32. The summed E-state index contributed by atoms with van der Waals surface area (Å²) in [7, 11) is 2.14. The molecule has 1 N–H and O–H groups in total. The summed E-state index contributed by atoms with van der Waals surface area (Å²) in [6.45, 7) is 4.65. The largest absolute Gasteiger partial charge is 0.316 e. The van der Waals surface area contributed by atoms with Crippen LogP contribution in [-0.2, 0) is 6.42 Å². The van der Waals surface area contributed by atoms with Crippen LogP contribution in [-0.4, -0.2) is 13.1 Å². The van der Waals surface area contributed by atoms with Gasteiger partial charge in [-0.2, -0.15) is 0 Å². The zero-order valence-corrected chi connectivity index (χ0v) is 12.8. The van der Waals surface area contributed by atoms with Gasteiger partial charge in [0.25, 0.3) is 0 Å². The van der Waals surface area contributed by atoms with E-state index in [2.05, 4.69) is 50.5 Å². The molecule has 1 heteroatoms. The van der Waals surface area contributed by atoms with E-state index in [0.29, 0.717) is 6.04 Å². The number of nitrogens with one attached hydrogen (secondary N) is 1. The molecule has 0 aromatic heterocycles. The second-order valence-electron chi connectivity index (χ2n) is 6.06. The Morgan fingerprint density at radius 2 is 2.05 bits per heavy atom. The van der Waals surface area contributed by atoms with E-state index in [1.807, 2.05) is 0 Å². The Balaban J connectivity index is 1.94. The number of likely N-dealkylation sites (N-methyl/N-ethyl adjacent to an activating group) is 1. The van der Waals surface area contributed by atoms with Gasteiger partial charge in [0.2, 0.25) is 0 Å². The van der Waals surface area contributed by atoms with Crippen molar-refractivity contribution >= 4 is 0 Å². The van der Waals surface area contributed by atoms with Gasteiger partial charge in [0.15, 0.2) is 0 Å². The lowest BCUT2D eigenvalue weighted by Gasteiger charge is -2.38. The molecule has 106 valence electrons. The maximum Gasteiger partial charge on any atom is 0.0139 e. The van der Waals surface area contributed by atoms with Crippen molar-refractivity contribution in [2.24, 2.45) is 5.92 Å². The van der Waals surface area contributed by atoms with Gasteiger partial charge in [-0.1, -0.05) is 63.8 Å². The summed E-state index contributed by atoms with van der Waals surface area (Å²) in [4.78, 5) is 0. The molecule has 1 aliphatic rings. The lowest BCUT2D eigenvalue weighted by atomic mass is 9.71. The smallest absolute Gasteiger partial charge is 0.0139 e. The normalized spacial score (nSPS) is 20.5. The van der Waals surface area contributed by atoms with Crippen molar-refractivity contribution in [2.75, 3.05) is 7.05 Å². The maximum absolute atomic E-state index is 3.59. The van der Waals surface area contributed by atoms with Crippen molar-refractivity contribution in [3.05, 3.63) is 35.4 Å². The minimum absolute atomic E-state index is 0.664. The molecule has 0 radical (unpaired) electrons. The molecule has 1 aromatic carbocycles. The predicted molar refractivity (Wildman–Crippen MR) is 83.7 cm³/mol. The summed E-state index contributed by atoms with van der Waals surface area (Å²) in [5, 5.41) is 3.59. The third-order valence-electron chi connectivity index (χ3n) is 4.88. The fourth-order valence-corrected chi connectivity index (χ4v) is 3.48. The average Bonchev–Trinajstić information content (AvgIpc) is 2.42. The van der Waals surface area contributed by atoms with Crippen LogP contribution in [0, 0.1) is 5.92 Å². The Bertz CT molecular complexity index is 385. The molecular formula is C18H29N. The standard InChI is InChI=1S/C18H29N/c1-4-6-9-14(5-2)12-18(19-3)17-13-15-10-7-8-11-16(15)17/h7-8,10-11,14,17-19H,4-6,9,12-13H2,1-3H3. The van der Waals surface area contributed by atoms with Crippen LogP contribution in [0.2, 0.25) is 0 Å². The highest BCUT2D eigenvalue weighted by molar-refractivity contribution is 5.41. The zero-order valence-electron chi connectivity index (χ0n) is 12.8. The number of hydrogen-bond acceptors (Lipinski definition) is 1. The molecule has 19 heavy (non-hydrogen) atoms. The van der Waals surface area contributed by atoms with Crippen molar-refractivity contribution in [3.8, 4) is 0 Å². The van der Waals surface area contributed by atoms with Gasteiger partial charge in [-0.3, -0.25) is 0 Å². The first-order valence-corrected chi connectivity index (χ1v) is 8.05. The van der Waals surface area contributed by atoms with Crippen LogP contribution in [0.3, 0.4) is 0 Å². The molecule has 0 spiro atoms. The van der Waals surface area contributed by atoms with Crippen molar-refractivity contribution in [1.82, 2.24) is 5.32 Å². The summed E-state index contributed by atoms with van der Waals surface area (Å²) in [6, 6.07) is 9.62. The lowest BCUT2D eigenvalue weighted by Crippen LogP contribution is -2.39. The van der Waals surface area contributed by atoms with Crippen molar-refractivity contribution < 1.29 is 0 Å². The SMILES string of the molecule is CCCCC(CC)CC(NC)C1Cc2ccccc21. The topological polar surface area (TPSA) is 12.0 Å². The van der Waals surface area contributed by atoms with Gasteiger partial charge in [-0.25, -0.2) is 0 Å². The van der Waals surface area contributed by atoms with Crippen LogP contribution < -0.4 is 5.32 Å². The first kappa shape index (κ1) is 14.6. The van der Waals surface area contributed by atoms with Gasteiger partial charge in [-0.05, 0) is 36.9 Å². The van der Waals surface area contributed by atoms with Gasteiger partial charge in [0.05, 0.1) is 0 Å². The zero-order chi connectivity index (χ0) is 13.7. The minimum atomic E-state index is 0.664.